The van der Waals surface area contributed by atoms with Gasteiger partial charge in [-0.15, -0.1) is 0 Å². The summed E-state index contributed by atoms with van der Waals surface area (Å²) in [5, 5.41) is 9.30. The van der Waals surface area contributed by atoms with Crippen molar-refractivity contribution < 1.29 is 5.11 Å². The Morgan fingerprint density at radius 3 is 2.38 bits per heavy atom. The summed E-state index contributed by atoms with van der Waals surface area (Å²) in [6, 6.07) is 11.8. The van der Waals surface area contributed by atoms with Gasteiger partial charge in [0.2, 0.25) is 0 Å². The average Bonchev–Trinajstić information content (AvgIpc) is 2.19. The highest BCUT2D eigenvalue weighted by atomic mass is 31.0. The fourth-order valence-electron chi connectivity index (χ4n) is 1.22. The Morgan fingerprint density at radius 1 is 0.923 bits per heavy atom. The Bertz CT molecular complexity index is 398. The summed E-state index contributed by atoms with van der Waals surface area (Å²) in [6.45, 7) is 0. The van der Waals surface area contributed by atoms with Gasteiger partial charge in [0.15, 0.2) is 0 Å². The van der Waals surface area contributed by atoms with Crippen LogP contribution in [0.2, 0.25) is 0 Å². The summed E-state index contributed by atoms with van der Waals surface area (Å²) in [5.41, 5.74) is 2.23. The van der Waals surface area contributed by atoms with Crippen molar-refractivity contribution in [3.63, 3.8) is 0 Å². The fourth-order valence-corrected chi connectivity index (χ4v) is 1.90. The van der Waals surface area contributed by atoms with Crippen LogP contribution in [0.3, 0.4) is 0 Å². The third-order valence-electron chi connectivity index (χ3n) is 1.83. The molecule has 0 radical (unpaired) electrons. The second-order valence-electron chi connectivity index (χ2n) is 2.80. The molecule has 2 heteroatoms. The third-order valence-corrected chi connectivity index (χ3v) is 2.67. The Kier molecular flexibility index (Phi) is 2.29. The second-order valence-corrected chi connectivity index (χ2v) is 3.61. The normalized spacial score (nSPS) is 10.5. The van der Waals surface area contributed by atoms with Crippen molar-refractivity contribution in [1.29, 1.82) is 0 Å². The highest BCUT2D eigenvalue weighted by molar-refractivity contribution is 7.28. The first-order chi connectivity index (χ1) is 6.36. The molecule has 13 heavy (non-hydrogen) atoms. The molecule has 1 aromatic carbocycles. The predicted octanol–water partition coefficient (Wildman–Crippen LogP) is 3.64. The monoisotopic (exact) mass is 188 g/mol. The molecule has 0 bridgehead atoms. The summed E-state index contributed by atoms with van der Waals surface area (Å²) in [4.78, 5) is 0. The highest BCUT2D eigenvalue weighted by Crippen LogP contribution is 2.26. The van der Waals surface area contributed by atoms with Crippen LogP contribution in [-0.4, -0.2) is 5.11 Å². The minimum Gasteiger partial charge on any atom is -0.508 e. The molecular weight excluding hydrogens is 179 g/mol. The van der Waals surface area contributed by atoms with Gasteiger partial charge < -0.3 is 5.11 Å². The second kappa shape index (κ2) is 3.59. The van der Waals surface area contributed by atoms with Gasteiger partial charge in [-0.3, -0.25) is 0 Å². The Balaban J connectivity index is 2.48. The maximum absolute atomic E-state index is 9.30. The lowest BCUT2D eigenvalue weighted by Crippen LogP contribution is -1.73. The van der Waals surface area contributed by atoms with Crippen LogP contribution in [0.4, 0.5) is 0 Å². The quantitative estimate of drug-likeness (QED) is 0.724. The van der Waals surface area contributed by atoms with Crippen LogP contribution in [-0.2, 0) is 0 Å². The van der Waals surface area contributed by atoms with Crippen LogP contribution in [0.1, 0.15) is 0 Å². The topological polar surface area (TPSA) is 20.2 Å². The van der Waals surface area contributed by atoms with Gasteiger partial charge in [0.05, 0.1) is 0 Å². The molecule has 1 heterocycles. The summed E-state index contributed by atoms with van der Waals surface area (Å²) < 4.78 is 0. The lowest BCUT2D eigenvalue weighted by Gasteiger charge is -2.00. The van der Waals surface area contributed by atoms with Crippen LogP contribution in [0.25, 0.3) is 11.1 Å². The van der Waals surface area contributed by atoms with E-state index in [1.54, 1.807) is 11.9 Å². The van der Waals surface area contributed by atoms with Crippen LogP contribution in [0.15, 0.2) is 48.0 Å². The minimum absolute atomic E-state index is 0.350. The van der Waals surface area contributed by atoms with Gasteiger partial charge >= 0.3 is 0 Å². The SMILES string of the molecule is Oc1cpcc(-c2ccccc2)c1. The highest BCUT2D eigenvalue weighted by Gasteiger charge is 1.96. The molecule has 2 rings (SSSR count). The van der Waals surface area contributed by atoms with Crippen molar-refractivity contribution in [1.82, 2.24) is 0 Å². The van der Waals surface area contributed by atoms with E-state index in [-0.39, 0.29) is 0 Å². The van der Waals surface area contributed by atoms with Gasteiger partial charge in [-0.25, -0.2) is 0 Å². The van der Waals surface area contributed by atoms with Crippen molar-refractivity contribution in [2.75, 3.05) is 0 Å². The molecule has 0 saturated carbocycles. The summed E-state index contributed by atoms with van der Waals surface area (Å²) in [5.74, 6) is 4.20. The fraction of sp³-hybridized carbons (Fsp3) is 0. The van der Waals surface area contributed by atoms with Gasteiger partial charge in [-0.05, 0) is 23.0 Å². The molecule has 1 nitrogen and oxygen atoms in total. The average molecular weight is 188 g/mol. The molecule has 2 aromatic rings. The van der Waals surface area contributed by atoms with E-state index in [4.69, 9.17) is 0 Å². The molecule has 64 valence electrons. The first-order valence-electron chi connectivity index (χ1n) is 4.06. The third kappa shape index (κ3) is 1.88. The van der Waals surface area contributed by atoms with E-state index in [9.17, 15) is 5.11 Å². The molecule has 1 aromatic heterocycles. The van der Waals surface area contributed by atoms with Gasteiger partial charge in [-0.2, -0.15) is 0 Å². The number of benzene rings is 1. The molecule has 0 aliphatic carbocycles. The zero-order valence-electron chi connectivity index (χ0n) is 7.01. The Hall–Kier alpha value is -1.33. The lowest BCUT2D eigenvalue weighted by atomic mass is 10.1. The molecule has 0 aliphatic rings. The molecule has 0 aliphatic heterocycles. The first-order valence-corrected chi connectivity index (χ1v) is 5.09. The van der Waals surface area contributed by atoms with Crippen LogP contribution in [0, 0.1) is 0 Å². The molecule has 0 amide bonds. The van der Waals surface area contributed by atoms with E-state index in [0.29, 0.717) is 5.75 Å². The largest absolute Gasteiger partial charge is 0.508 e. The molecular formula is C11H9OP. The van der Waals surface area contributed by atoms with Gasteiger partial charge in [-0.1, -0.05) is 38.5 Å². The predicted molar refractivity (Wildman–Crippen MR) is 56.1 cm³/mol. The summed E-state index contributed by atoms with van der Waals surface area (Å²) in [7, 11) is 1.04. The van der Waals surface area contributed by atoms with Gasteiger partial charge in [0, 0.05) is 5.80 Å². The number of aromatic hydroxyl groups is 1. The zero-order chi connectivity index (χ0) is 9.10. The van der Waals surface area contributed by atoms with Crippen molar-refractivity contribution in [3.05, 3.63) is 48.0 Å². The molecule has 0 atom stereocenters. The van der Waals surface area contributed by atoms with E-state index < -0.39 is 0 Å². The number of hydrogen-bond acceptors (Lipinski definition) is 1. The van der Waals surface area contributed by atoms with Crippen molar-refractivity contribution in [3.8, 4) is 16.9 Å². The number of hydrogen-bond donors (Lipinski definition) is 1. The van der Waals surface area contributed by atoms with Gasteiger partial charge in [0.1, 0.15) is 5.75 Å². The standard InChI is InChI=1S/C11H9OP/c12-11-6-10(7-13-8-11)9-4-2-1-3-5-9/h1-8,12H. The molecule has 0 spiro atoms. The van der Waals surface area contributed by atoms with E-state index in [0.717, 1.165) is 19.3 Å². The van der Waals surface area contributed by atoms with E-state index in [1.807, 2.05) is 30.3 Å². The van der Waals surface area contributed by atoms with E-state index >= 15 is 0 Å². The maximum Gasteiger partial charge on any atom is 0.120 e. The van der Waals surface area contributed by atoms with Crippen molar-refractivity contribution >= 4 is 8.19 Å². The van der Waals surface area contributed by atoms with Crippen LogP contribution >= 0.6 is 8.19 Å². The van der Waals surface area contributed by atoms with Crippen LogP contribution in [0.5, 0.6) is 5.75 Å². The summed E-state index contributed by atoms with van der Waals surface area (Å²) in [6.07, 6.45) is 0. The maximum atomic E-state index is 9.30. The van der Waals surface area contributed by atoms with E-state index in [2.05, 4.69) is 5.80 Å². The molecule has 1 N–H and O–H groups in total. The zero-order valence-corrected chi connectivity index (χ0v) is 7.91. The Labute approximate surface area is 78.8 Å². The van der Waals surface area contributed by atoms with Gasteiger partial charge in [0.25, 0.3) is 0 Å². The van der Waals surface area contributed by atoms with Crippen molar-refractivity contribution in [2.45, 2.75) is 0 Å². The first kappa shape index (κ1) is 8.28. The summed E-state index contributed by atoms with van der Waals surface area (Å²) >= 11 is 0. The number of rotatable bonds is 1. The molecule has 0 fully saturated rings. The van der Waals surface area contributed by atoms with E-state index in [1.165, 1.54) is 0 Å². The molecule has 0 unspecified atom stereocenters. The lowest BCUT2D eigenvalue weighted by molar-refractivity contribution is 0.477. The molecule has 0 saturated heterocycles. The smallest absolute Gasteiger partial charge is 0.120 e. The van der Waals surface area contributed by atoms with Crippen molar-refractivity contribution in [2.24, 2.45) is 0 Å². The minimum atomic E-state index is 0.350. The Morgan fingerprint density at radius 2 is 1.69 bits per heavy atom. The van der Waals surface area contributed by atoms with Crippen LogP contribution < -0.4 is 0 Å².